The maximum Gasteiger partial charge on any atom is 0.159 e. The molecule has 9 rings (SSSR count). The number of aliphatic hydroxyl groups excluding tert-OH is 1. The van der Waals surface area contributed by atoms with E-state index in [2.05, 4.69) is 53.7 Å². The topological polar surface area (TPSA) is 87.1 Å². The summed E-state index contributed by atoms with van der Waals surface area (Å²) in [6.07, 6.45) is 14.8. The summed E-state index contributed by atoms with van der Waals surface area (Å²) < 4.78 is 6.22. The number of aliphatic hydroxyl groups is 1. The fraction of sp³-hybridized carbons (Fsp3) is 0.714. The number of hydrogen-bond acceptors (Lipinski definition) is 5. The highest BCUT2D eigenvalue weighted by molar-refractivity contribution is 6.00. The number of carbonyl (C=O) groups is 2. The first kappa shape index (κ1) is 32.0. The zero-order valence-corrected chi connectivity index (χ0v) is 29.5. The molecule has 8 aliphatic rings. The minimum Gasteiger partial charge on any atom is -0.508 e. The quantitative estimate of drug-likeness (QED) is 0.241. The number of ether oxygens (including phenoxy) is 1. The lowest BCUT2D eigenvalue weighted by Gasteiger charge is -2.70. The molecule has 1 heterocycles. The van der Waals surface area contributed by atoms with Crippen LogP contribution in [0.2, 0.25) is 0 Å². The summed E-state index contributed by atoms with van der Waals surface area (Å²) in [7, 11) is 0. The van der Waals surface area contributed by atoms with Crippen LogP contribution in [0.4, 0.5) is 0 Å². The first-order valence-electron chi connectivity index (χ1n) is 18.8. The van der Waals surface area contributed by atoms with E-state index in [-0.39, 0.29) is 63.2 Å². The van der Waals surface area contributed by atoms with Gasteiger partial charge >= 0.3 is 0 Å². The van der Waals surface area contributed by atoms with Crippen LogP contribution in [0.5, 0.6) is 5.75 Å². The van der Waals surface area contributed by atoms with E-state index >= 15 is 0 Å². The van der Waals surface area contributed by atoms with E-state index in [0.717, 1.165) is 43.2 Å². The minimum atomic E-state index is -0.550. The molecule has 2 N–H and O–H groups in total. The van der Waals surface area contributed by atoms with Crippen LogP contribution in [0.3, 0.4) is 0 Å². The molecule has 0 radical (unpaired) electrons. The molecule has 4 saturated carbocycles. The van der Waals surface area contributed by atoms with E-state index in [1.54, 1.807) is 6.07 Å². The van der Waals surface area contributed by atoms with Gasteiger partial charge in [0.2, 0.25) is 0 Å². The molecule has 5 heteroatoms. The fourth-order valence-electron chi connectivity index (χ4n) is 13.7. The summed E-state index contributed by atoms with van der Waals surface area (Å²) >= 11 is 0. The van der Waals surface area contributed by atoms with Crippen molar-refractivity contribution in [2.24, 2.45) is 51.2 Å². The maximum absolute atomic E-state index is 14.5. The zero-order valence-electron chi connectivity index (χ0n) is 29.5. The summed E-state index contributed by atoms with van der Waals surface area (Å²) in [5, 5.41) is 21.9. The van der Waals surface area contributed by atoms with Gasteiger partial charge in [-0.15, -0.1) is 0 Å². The Morgan fingerprint density at radius 1 is 1.00 bits per heavy atom. The molecule has 0 aromatic heterocycles. The van der Waals surface area contributed by atoms with Crippen LogP contribution >= 0.6 is 0 Å². The number of rotatable bonds is 6. The average Bonchev–Trinajstić information content (AvgIpc) is 3.35. The first-order chi connectivity index (χ1) is 22.2. The number of epoxide rings is 1. The number of aromatic hydroxyl groups is 1. The molecule has 0 unspecified atom stereocenters. The number of carbonyl (C=O) groups excluding carboxylic acids is 2. The van der Waals surface area contributed by atoms with Crippen molar-refractivity contribution in [3.63, 3.8) is 0 Å². The third-order valence-electron chi connectivity index (χ3n) is 16.3. The lowest BCUT2D eigenvalue weighted by molar-refractivity contribution is -0.196. The Balaban J connectivity index is 1.12. The van der Waals surface area contributed by atoms with Crippen LogP contribution in [0.25, 0.3) is 0 Å². The maximum atomic E-state index is 14.5. The molecule has 0 amide bonds. The van der Waals surface area contributed by atoms with Crippen LogP contribution < -0.4 is 0 Å². The molecule has 5 nitrogen and oxygen atoms in total. The van der Waals surface area contributed by atoms with Gasteiger partial charge in [-0.3, -0.25) is 9.59 Å². The number of fused-ring (bicyclic) bond motifs is 5. The first-order valence-corrected chi connectivity index (χ1v) is 18.8. The molecular weight excluding hydrogens is 584 g/mol. The monoisotopic (exact) mass is 640 g/mol. The van der Waals surface area contributed by atoms with Crippen molar-refractivity contribution in [2.45, 2.75) is 136 Å². The predicted octanol–water partition coefficient (Wildman–Crippen LogP) is 8.48. The second-order valence-electron chi connectivity index (χ2n) is 18.2. The molecule has 1 aromatic carbocycles. The van der Waals surface area contributed by atoms with Gasteiger partial charge < -0.3 is 14.9 Å². The second kappa shape index (κ2) is 10.4. The highest BCUT2D eigenvalue weighted by Gasteiger charge is 2.72. The predicted molar refractivity (Wildman–Crippen MR) is 183 cm³/mol. The Labute approximate surface area is 281 Å². The number of ketones is 2. The fourth-order valence-corrected chi connectivity index (χ4v) is 13.7. The number of Topliss-reactive ketones (excluding diaryl/α,β-unsaturated/α-hetero) is 2. The lowest BCUT2D eigenvalue weighted by atomic mass is 9.33. The molecular formula is C42H56O5. The van der Waals surface area contributed by atoms with E-state index in [4.69, 9.17) is 4.74 Å². The van der Waals surface area contributed by atoms with Crippen molar-refractivity contribution in [3.05, 3.63) is 53.1 Å². The number of benzene rings is 1. The number of allylic oxidation sites excluding steroid dienone is 4. The van der Waals surface area contributed by atoms with Crippen LogP contribution in [-0.4, -0.2) is 39.6 Å². The Morgan fingerprint density at radius 2 is 1.74 bits per heavy atom. The molecule has 12 atom stereocenters. The lowest BCUT2D eigenvalue weighted by Crippen LogP contribution is -2.66. The zero-order chi connectivity index (χ0) is 33.3. The Kier molecular flexibility index (Phi) is 7.07. The SMILES string of the molecule is C[C@H](C[C@@H](O)[C@@H]1O[C@]1(C)C1CCCC1)C1=C2CC[C@H]3[C@]4(C)[C@@H]5C=CC[C@](C)(C(=O)[C@@H]5c5cccc(O)c5)[C@H]4CC[C@]3(C)[C@@]2(C)CC1=O. The second-order valence-corrected chi connectivity index (χ2v) is 18.2. The standard InChI is InChI=1S/C42H56O5/c1-24(21-30(44)37-42(6,47-37)26-12-7-8-13-26)34-28-16-17-33-39(3,40(28,4)23-31(34)45)20-18-32-38(2)19-10-15-29(41(32,33)5)35(36(38)46)25-11-9-14-27(43)22-25/h9-11,14-15,22,24,26,29-30,32-33,35,37,43-44H,7-8,12-13,16-21,23H2,1-6H3/t24-,29-,30-,32-,33-,35-,37+,38+,39+,40+,41-,42-/m1/s1. The van der Waals surface area contributed by atoms with Crippen LogP contribution in [0, 0.1) is 51.2 Å². The third kappa shape index (κ3) is 4.14. The average molecular weight is 641 g/mol. The summed E-state index contributed by atoms with van der Waals surface area (Å²) in [5.74, 6) is 1.80. The van der Waals surface area contributed by atoms with Crippen molar-refractivity contribution >= 4 is 11.6 Å². The van der Waals surface area contributed by atoms with Gasteiger partial charge in [-0.25, -0.2) is 0 Å². The summed E-state index contributed by atoms with van der Waals surface area (Å²) in [6.45, 7) is 13.9. The van der Waals surface area contributed by atoms with E-state index in [0.29, 0.717) is 30.5 Å². The van der Waals surface area contributed by atoms with Gasteiger partial charge in [0.1, 0.15) is 17.6 Å². The molecule has 1 saturated heterocycles. The Bertz CT molecular complexity index is 1570. The molecule has 0 spiro atoms. The van der Waals surface area contributed by atoms with Gasteiger partial charge in [0.05, 0.1) is 17.6 Å². The Hall–Kier alpha value is -2.24. The number of phenols is 1. The van der Waals surface area contributed by atoms with Crippen molar-refractivity contribution in [2.75, 3.05) is 0 Å². The Morgan fingerprint density at radius 3 is 2.47 bits per heavy atom. The summed E-state index contributed by atoms with van der Waals surface area (Å²) in [4.78, 5) is 28.7. The normalized spacial score (nSPS) is 47.0. The van der Waals surface area contributed by atoms with Crippen LogP contribution in [-0.2, 0) is 14.3 Å². The van der Waals surface area contributed by atoms with Gasteiger partial charge in [0.25, 0.3) is 0 Å². The van der Waals surface area contributed by atoms with Crippen molar-refractivity contribution in [1.29, 1.82) is 0 Å². The largest absolute Gasteiger partial charge is 0.508 e. The van der Waals surface area contributed by atoms with Crippen molar-refractivity contribution < 1.29 is 24.5 Å². The van der Waals surface area contributed by atoms with Gasteiger partial charge in [0.15, 0.2) is 5.78 Å². The van der Waals surface area contributed by atoms with Crippen molar-refractivity contribution in [1.82, 2.24) is 0 Å². The summed E-state index contributed by atoms with van der Waals surface area (Å²) in [5.41, 5.74) is 2.21. The van der Waals surface area contributed by atoms with Gasteiger partial charge in [-0.1, -0.05) is 77.3 Å². The third-order valence-corrected chi connectivity index (χ3v) is 16.3. The van der Waals surface area contributed by atoms with E-state index < -0.39 is 11.5 Å². The van der Waals surface area contributed by atoms with E-state index in [1.807, 2.05) is 18.2 Å². The number of hydrogen-bond donors (Lipinski definition) is 2. The van der Waals surface area contributed by atoms with E-state index in [9.17, 15) is 19.8 Å². The minimum absolute atomic E-state index is 0.00178. The van der Waals surface area contributed by atoms with Crippen LogP contribution in [0.1, 0.15) is 124 Å². The van der Waals surface area contributed by atoms with E-state index in [1.165, 1.54) is 31.3 Å². The van der Waals surface area contributed by atoms with Gasteiger partial charge in [0, 0.05) is 17.3 Å². The molecule has 7 aliphatic carbocycles. The molecule has 1 aromatic rings. The molecule has 1 aliphatic heterocycles. The summed E-state index contributed by atoms with van der Waals surface area (Å²) in [6, 6.07) is 7.41. The van der Waals surface area contributed by atoms with Gasteiger partial charge in [-0.05, 0) is 122 Å². The molecule has 254 valence electrons. The molecule has 2 bridgehead atoms. The highest BCUT2D eigenvalue weighted by Crippen LogP contribution is 2.77. The molecule has 5 fully saturated rings. The number of phenolic OH excluding ortho intramolecular Hbond substituents is 1. The highest BCUT2D eigenvalue weighted by atomic mass is 16.6. The van der Waals surface area contributed by atoms with Crippen LogP contribution in [0.15, 0.2) is 47.6 Å². The molecule has 47 heavy (non-hydrogen) atoms. The van der Waals surface area contributed by atoms with Crippen molar-refractivity contribution in [3.8, 4) is 5.75 Å². The smallest absolute Gasteiger partial charge is 0.159 e. The van der Waals surface area contributed by atoms with Gasteiger partial charge in [-0.2, -0.15) is 0 Å².